The molecule has 3 heteroatoms. The number of hydrogen-bond donors (Lipinski definition) is 0. The van der Waals surface area contributed by atoms with Crippen molar-refractivity contribution in [1.29, 1.82) is 0 Å². The maximum Gasteiger partial charge on any atom is 0.312 e. The molecule has 0 radical (unpaired) electrons. The van der Waals surface area contributed by atoms with E-state index in [0.717, 1.165) is 21.8 Å². The van der Waals surface area contributed by atoms with Gasteiger partial charge in [-0.05, 0) is 53.9 Å². The lowest BCUT2D eigenvalue weighted by Gasteiger charge is -2.24. The van der Waals surface area contributed by atoms with Crippen molar-refractivity contribution in [3.05, 3.63) is 46.4 Å². The number of carbonyl (C=O) groups excluding carboxylic acids is 1. The molecule has 2 aromatic carbocycles. The summed E-state index contributed by atoms with van der Waals surface area (Å²) in [5.41, 5.74) is 0.548. The number of hydrogen-bond acceptors (Lipinski definition) is 2. The molecule has 0 fully saturated rings. The predicted molar refractivity (Wildman–Crippen MR) is 90.2 cm³/mol. The molecule has 0 aliphatic heterocycles. The molecule has 0 N–H and O–H groups in total. The van der Waals surface area contributed by atoms with Gasteiger partial charge in [-0.25, -0.2) is 0 Å². The summed E-state index contributed by atoms with van der Waals surface area (Å²) in [5, 5.41) is 2.30. The Morgan fingerprint density at radius 2 is 1.90 bits per heavy atom. The Labute approximate surface area is 134 Å². The quantitative estimate of drug-likeness (QED) is 0.668. The molecule has 1 unspecified atom stereocenters. The summed E-state index contributed by atoms with van der Waals surface area (Å²) in [6, 6.07) is 12.2. The first-order valence-corrected chi connectivity index (χ1v) is 8.04. The minimum atomic E-state index is -0.447. The molecule has 0 saturated heterocycles. The highest BCUT2D eigenvalue weighted by molar-refractivity contribution is 9.10. The molecular weight excluding hydrogens is 328 g/mol. The SMILES string of the molecule is CCC(C)(C)C(=O)OC(C)c1ccc2ccccc2c1Br. The van der Waals surface area contributed by atoms with Crippen LogP contribution < -0.4 is 0 Å². The topological polar surface area (TPSA) is 26.3 Å². The van der Waals surface area contributed by atoms with E-state index < -0.39 is 5.41 Å². The summed E-state index contributed by atoms with van der Waals surface area (Å²) >= 11 is 3.65. The van der Waals surface area contributed by atoms with Crippen LogP contribution in [0.3, 0.4) is 0 Å². The molecule has 2 aromatic rings. The van der Waals surface area contributed by atoms with E-state index in [4.69, 9.17) is 4.74 Å². The van der Waals surface area contributed by atoms with Crippen molar-refractivity contribution in [1.82, 2.24) is 0 Å². The Hall–Kier alpha value is -1.35. The fraction of sp³-hybridized carbons (Fsp3) is 0.389. The van der Waals surface area contributed by atoms with Crippen molar-refractivity contribution in [3.8, 4) is 0 Å². The van der Waals surface area contributed by atoms with E-state index in [9.17, 15) is 4.79 Å². The summed E-state index contributed by atoms with van der Waals surface area (Å²) in [6.07, 6.45) is 0.486. The van der Waals surface area contributed by atoms with Gasteiger partial charge in [-0.2, -0.15) is 0 Å². The third-order valence-electron chi connectivity index (χ3n) is 4.05. The molecule has 2 nitrogen and oxygen atoms in total. The molecule has 21 heavy (non-hydrogen) atoms. The van der Waals surface area contributed by atoms with Gasteiger partial charge in [0.05, 0.1) is 5.41 Å². The molecule has 0 saturated carbocycles. The van der Waals surface area contributed by atoms with Gasteiger partial charge < -0.3 is 4.74 Å². The second kappa shape index (κ2) is 6.18. The summed E-state index contributed by atoms with van der Waals surface area (Å²) < 4.78 is 6.65. The highest BCUT2D eigenvalue weighted by Gasteiger charge is 2.29. The van der Waals surface area contributed by atoms with Gasteiger partial charge in [0.15, 0.2) is 0 Å². The van der Waals surface area contributed by atoms with Crippen LogP contribution in [0.4, 0.5) is 0 Å². The number of halogens is 1. The van der Waals surface area contributed by atoms with Crippen LogP contribution in [0.1, 0.15) is 45.8 Å². The Morgan fingerprint density at radius 1 is 1.24 bits per heavy atom. The number of rotatable bonds is 4. The van der Waals surface area contributed by atoms with E-state index in [-0.39, 0.29) is 12.1 Å². The molecule has 0 aromatic heterocycles. The van der Waals surface area contributed by atoms with Crippen LogP contribution in [0.5, 0.6) is 0 Å². The second-order valence-electron chi connectivity index (χ2n) is 5.97. The van der Waals surface area contributed by atoms with Crippen molar-refractivity contribution in [2.75, 3.05) is 0 Å². The molecule has 0 aliphatic rings. The first-order valence-electron chi connectivity index (χ1n) is 7.25. The number of esters is 1. The summed E-state index contributed by atoms with van der Waals surface area (Å²) in [7, 11) is 0. The average Bonchev–Trinajstić information content (AvgIpc) is 2.47. The van der Waals surface area contributed by atoms with E-state index in [1.165, 1.54) is 5.39 Å². The monoisotopic (exact) mass is 348 g/mol. The molecule has 0 amide bonds. The highest BCUT2D eigenvalue weighted by Crippen LogP contribution is 2.34. The molecule has 0 spiro atoms. The van der Waals surface area contributed by atoms with Gasteiger partial charge in [-0.3, -0.25) is 4.79 Å². The number of benzene rings is 2. The molecule has 2 rings (SSSR count). The third-order valence-corrected chi connectivity index (χ3v) is 4.94. The number of fused-ring (bicyclic) bond motifs is 1. The van der Waals surface area contributed by atoms with Crippen molar-refractivity contribution >= 4 is 32.7 Å². The summed E-state index contributed by atoms with van der Waals surface area (Å²) in [5.74, 6) is -0.155. The van der Waals surface area contributed by atoms with Crippen LogP contribution in [0, 0.1) is 5.41 Å². The molecule has 0 bridgehead atoms. The Bertz CT molecular complexity index is 661. The predicted octanol–water partition coefficient (Wildman–Crippen LogP) is 5.64. The van der Waals surface area contributed by atoms with Gasteiger partial charge in [-0.15, -0.1) is 0 Å². The Morgan fingerprint density at radius 3 is 2.57 bits per heavy atom. The number of ether oxygens (including phenoxy) is 1. The van der Waals surface area contributed by atoms with Crippen molar-refractivity contribution in [2.24, 2.45) is 5.41 Å². The van der Waals surface area contributed by atoms with Crippen LogP contribution in [0.25, 0.3) is 10.8 Å². The normalized spacial score (nSPS) is 13.2. The van der Waals surface area contributed by atoms with Crippen molar-refractivity contribution < 1.29 is 9.53 Å². The Balaban J connectivity index is 2.30. The standard InChI is InChI=1S/C18H21BrO2/c1-5-18(3,4)17(20)21-12(2)14-11-10-13-8-6-7-9-15(13)16(14)19/h6-12H,5H2,1-4H3. The van der Waals surface area contributed by atoms with E-state index >= 15 is 0 Å². The van der Waals surface area contributed by atoms with Crippen LogP contribution in [-0.2, 0) is 9.53 Å². The minimum absolute atomic E-state index is 0.155. The highest BCUT2D eigenvalue weighted by atomic mass is 79.9. The van der Waals surface area contributed by atoms with Gasteiger partial charge >= 0.3 is 5.97 Å². The fourth-order valence-corrected chi connectivity index (χ4v) is 2.91. The van der Waals surface area contributed by atoms with Crippen LogP contribution in [0.15, 0.2) is 40.9 Å². The zero-order valence-electron chi connectivity index (χ0n) is 12.9. The largest absolute Gasteiger partial charge is 0.457 e. The van der Waals surface area contributed by atoms with Crippen LogP contribution in [0.2, 0.25) is 0 Å². The second-order valence-corrected chi connectivity index (χ2v) is 6.77. The average molecular weight is 349 g/mol. The minimum Gasteiger partial charge on any atom is -0.457 e. The van der Waals surface area contributed by atoms with Crippen LogP contribution >= 0.6 is 15.9 Å². The lowest BCUT2D eigenvalue weighted by Crippen LogP contribution is -2.26. The molecule has 1 atom stereocenters. The molecular formula is C18H21BrO2. The van der Waals surface area contributed by atoms with E-state index in [2.05, 4.69) is 34.1 Å². The third kappa shape index (κ3) is 3.29. The maximum atomic E-state index is 12.2. The molecule has 0 heterocycles. The molecule has 0 aliphatic carbocycles. The van der Waals surface area contributed by atoms with Crippen molar-refractivity contribution in [2.45, 2.75) is 40.2 Å². The summed E-state index contributed by atoms with van der Waals surface area (Å²) in [4.78, 5) is 12.2. The maximum absolute atomic E-state index is 12.2. The van der Waals surface area contributed by atoms with Crippen LogP contribution in [-0.4, -0.2) is 5.97 Å². The van der Waals surface area contributed by atoms with Gasteiger partial charge in [0.25, 0.3) is 0 Å². The van der Waals surface area contributed by atoms with Gasteiger partial charge in [-0.1, -0.05) is 43.3 Å². The van der Waals surface area contributed by atoms with E-state index in [1.54, 1.807) is 0 Å². The first kappa shape index (κ1) is 16.0. The smallest absolute Gasteiger partial charge is 0.312 e. The van der Waals surface area contributed by atoms with Crippen molar-refractivity contribution in [3.63, 3.8) is 0 Å². The molecule has 112 valence electrons. The summed E-state index contributed by atoms with van der Waals surface area (Å²) in [6.45, 7) is 7.74. The Kier molecular flexibility index (Phi) is 4.72. The lowest BCUT2D eigenvalue weighted by atomic mass is 9.90. The van der Waals surface area contributed by atoms with Gasteiger partial charge in [0.1, 0.15) is 6.10 Å². The van der Waals surface area contributed by atoms with Gasteiger partial charge in [0.2, 0.25) is 0 Å². The zero-order valence-corrected chi connectivity index (χ0v) is 14.5. The number of carbonyl (C=O) groups is 1. The van der Waals surface area contributed by atoms with Gasteiger partial charge in [0, 0.05) is 10.0 Å². The van der Waals surface area contributed by atoms with E-state index in [0.29, 0.717) is 0 Å². The lowest BCUT2D eigenvalue weighted by molar-refractivity contribution is -0.159. The zero-order chi connectivity index (χ0) is 15.6. The first-order chi connectivity index (χ1) is 9.86. The van der Waals surface area contributed by atoms with E-state index in [1.807, 2.05) is 45.9 Å². The fourth-order valence-electron chi connectivity index (χ4n) is 2.09.